The van der Waals surface area contributed by atoms with Crippen LogP contribution in [0.15, 0.2) is 0 Å². The molecule has 76 valence electrons. The summed E-state index contributed by atoms with van der Waals surface area (Å²) in [7, 11) is 0. The van der Waals surface area contributed by atoms with Crippen LogP contribution in [0.25, 0.3) is 0 Å². The molecular formula is C10H20N2O. The van der Waals surface area contributed by atoms with Gasteiger partial charge in [0.05, 0.1) is 12.2 Å². The van der Waals surface area contributed by atoms with Crippen LogP contribution >= 0.6 is 0 Å². The van der Waals surface area contributed by atoms with E-state index in [1.165, 1.54) is 12.8 Å². The van der Waals surface area contributed by atoms with Crippen molar-refractivity contribution in [1.29, 1.82) is 0 Å². The zero-order chi connectivity index (χ0) is 9.42. The van der Waals surface area contributed by atoms with Crippen molar-refractivity contribution >= 4 is 0 Å². The Hall–Kier alpha value is -0.120. The Morgan fingerprint density at radius 2 is 1.92 bits per heavy atom. The molecule has 0 aromatic carbocycles. The summed E-state index contributed by atoms with van der Waals surface area (Å²) in [6, 6.07) is 0.470. The largest absolute Gasteiger partial charge is 0.372 e. The predicted octanol–water partition coefficient (Wildman–Crippen LogP) is 0.619. The minimum Gasteiger partial charge on any atom is -0.372 e. The second kappa shape index (κ2) is 3.56. The zero-order valence-electron chi connectivity index (χ0n) is 8.28. The molecule has 3 nitrogen and oxygen atoms in total. The lowest BCUT2D eigenvalue weighted by Crippen LogP contribution is -2.49. The maximum absolute atomic E-state index is 6.10. The number of rotatable bonds is 2. The first-order chi connectivity index (χ1) is 6.18. The smallest absolute Gasteiger partial charge is 0.0733 e. The maximum atomic E-state index is 6.10. The molecule has 0 amide bonds. The van der Waals surface area contributed by atoms with Crippen molar-refractivity contribution in [2.24, 2.45) is 17.4 Å². The zero-order valence-corrected chi connectivity index (χ0v) is 8.28. The molecule has 2 fully saturated rings. The number of nitrogens with two attached hydrogens (primary N) is 2. The molecule has 0 bridgehead atoms. The fourth-order valence-corrected chi connectivity index (χ4v) is 2.10. The Kier molecular flexibility index (Phi) is 2.58. The van der Waals surface area contributed by atoms with Crippen LogP contribution < -0.4 is 11.5 Å². The summed E-state index contributed by atoms with van der Waals surface area (Å²) < 4.78 is 5.81. The average Bonchev–Trinajstić information content (AvgIpc) is 2.91. The molecule has 4 atom stereocenters. The SMILES string of the molecule is C[C@H]1OC(C(N)C2CC2)CCC1N. The summed E-state index contributed by atoms with van der Waals surface area (Å²) in [6.45, 7) is 2.05. The van der Waals surface area contributed by atoms with Gasteiger partial charge in [0.25, 0.3) is 0 Å². The van der Waals surface area contributed by atoms with Crippen LogP contribution in [0.3, 0.4) is 0 Å². The van der Waals surface area contributed by atoms with E-state index in [1.54, 1.807) is 0 Å². The van der Waals surface area contributed by atoms with Gasteiger partial charge in [-0.1, -0.05) is 0 Å². The van der Waals surface area contributed by atoms with Gasteiger partial charge < -0.3 is 16.2 Å². The van der Waals surface area contributed by atoms with Crippen molar-refractivity contribution < 1.29 is 4.74 Å². The molecule has 0 aromatic rings. The second-order valence-corrected chi connectivity index (χ2v) is 4.54. The summed E-state index contributed by atoms with van der Waals surface area (Å²) in [5.74, 6) is 0.728. The highest BCUT2D eigenvalue weighted by Gasteiger charge is 2.37. The Balaban J connectivity index is 1.86. The standard InChI is InChI=1S/C10H20N2O/c1-6-8(11)4-5-9(13-6)10(12)7-2-3-7/h6-10H,2-5,11-12H2,1H3/t6-,8?,9?,10?/m1/s1. The van der Waals surface area contributed by atoms with Crippen LogP contribution in [-0.2, 0) is 4.74 Å². The van der Waals surface area contributed by atoms with Crippen LogP contribution in [0.5, 0.6) is 0 Å². The van der Waals surface area contributed by atoms with E-state index in [-0.39, 0.29) is 24.3 Å². The molecule has 0 aromatic heterocycles. The van der Waals surface area contributed by atoms with Gasteiger partial charge in [-0.05, 0) is 38.5 Å². The molecule has 2 aliphatic rings. The summed E-state index contributed by atoms with van der Waals surface area (Å²) in [5, 5.41) is 0. The van der Waals surface area contributed by atoms with E-state index in [0.29, 0.717) is 0 Å². The van der Waals surface area contributed by atoms with Gasteiger partial charge in [-0.2, -0.15) is 0 Å². The minimum absolute atomic E-state index is 0.184. The minimum atomic E-state index is 0.184. The first-order valence-electron chi connectivity index (χ1n) is 5.35. The molecule has 2 rings (SSSR count). The quantitative estimate of drug-likeness (QED) is 0.661. The van der Waals surface area contributed by atoms with E-state index in [0.717, 1.165) is 18.8 Å². The van der Waals surface area contributed by atoms with Crippen molar-refractivity contribution in [2.45, 2.75) is 56.9 Å². The highest BCUT2D eigenvalue weighted by Crippen LogP contribution is 2.36. The molecule has 3 unspecified atom stereocenters. The topological polar surface area (TPSA) is 61.3 Å². The van der Waals surface area contributed by atoms with E-state index in [1.807, 2.05) is 0 Å². The van der Waals surface area contributed by atoms with Gasteiger partial charge in [0.2, 0.25) is 0 Å². The molecule has 1 heterocycles. The van der Waals surface area contributed by atoms with Crippen LogP contribution in [0.4, 0.5) is 0 Å². The molecule has 1 saturated heterocycles. The molecule has 4 N–H and O–H groups in total. The summed E-state index contributed by atoms with van der Waals surface area (Å²) >= 11 is 0. The van der Waals surface area contributed by atoms with Gasteiger partial charge in [-0.3, -0.25) is 0 Å². The average molecular weight is 184 g/mol. The lowest BCUT2D eigenvalue weighted by atomic mass is 9.94. The Morgan fingerprint density at radius 3 is 2.46 bits per heavy atom. The molecule has 1 aliphatic heterocycles. The highest BCUT2D eigenvalue weighted by atomic mass is 16.5. The predicted molar refractivity (Wildman–Crippen MR) is 52.2 cm³/mol. The lowest BCUT2D eigenvalue weighted by molar-refractivity contribution is -0.0649. The molecule has 1 saturated carbocycles. The van der Waals surface area contributed by atoms with Crippen molar-refractivity contribution in [3.8, 4) is 0 Å². The molecule has 0 spiro atoms. The van der Waals surface area contributed by atoms with E-state index in [9.17, 15) is 0 Å². The Labute approximate surface area is 79.8 Å². The fourth-order valence-electron chi connectivity index (χ4n) is 2.10. The van der Waals surface area contributed by atoms with E-state index in [4.69, 9.17) is 16.2 Å². The normalized spacial score (nSPS) is 43.2. The van der Waals surface area contributed by atoms with Gasteiger partial charge in [0, 0.05) is 12.1 Å². The number of ether oxygens (including phenoxy) is 1. The van der Waals surface area contributed by atoms with E-state index < -0.39 is 0 Å². The molecule has 1 aliphatic carbocycles. The fraction of sp³-hybridized carbons (Fsp3) is 1.00. The summed E-state index contributed by atoms with van der Waals surface area (Å²) in [5.41, 5.74) is 12.0. The molecular weight excluding hydrogens is 164 g/mol. The lowest BCUT2D eigenvalue weighted by Gasteiger charge is -2.35. The second-order valence-electron chi connectivity index (χ2n) is 4.54. The van der Waals surface area contributed by atoms with Gasteiger partial charge >= 0.3 is 0 Å². The molecule has 3 heteroatoms. The van der Waals surface area contributed by atoms with Crippen molar-refractivity contribution in [3.63, 3.8) is 0 Å². The van der Waals surface area contributed by atoms with Crippen LogP contribution in [0.2, 0.25) is 0 Å². The van der Waals surface area contributed by atoms with Crippen LogP contribution in [0.1, 0.15) is 32.6 Å². The highest BCUT2D eigenvalue weighted by molar-refractivity contribution is 4.92. The number of hydrogen-bond donors (Lipinski definition) is 2. The van der Waals surface area contributed by atoms with Crippen LogP contribution in [0, 0.1) is 5.92 Å². The first-order valence-corrected chi connectivity index (χ1v) is 5.35. The molecule has 0 radical (unpaired) electrons. The van der Waals surface area contributed by atoms with E-state index in [2.05, 4.69) is 6.92 Å². The monoisotopic (exact) mass is 184 g/mol. The van der Waals surface area contributed by atoms with Gasteiger partial charge in [0.15, 0.2) is 0 Å². The van der Waals surface area contributed by atoms with Gasteiger partial charge in [-0.25, -0.2) is 0 Å². The Bertz CT molecular complexity index is 182. The Morgan fingerprint density at radius 1 is 1.23 bits per heavy atom. The number of hydrogen-bond acceptors (Lipinski definition) is 3. The maximum Gasteiger partial charge on any atom is 0.0733 e. The third-order valence-corrected chi connectivity index (χ3v) is 3.37. The third kappa shape index (κ3) is 2.03. The van der Waals surface area contributed by atoms with Crippen molar-refractivity contribution in [3.05, 3.63) is 0 Å². The molecule has 13 heavy (non-hydrogen) atoms. The van der Waals surface area contributed by atoms with Crippen molar-refractivity contribution in [1.82, 2.24) is 0 Å². The van der Waals surface area contributed by atoms with Gasteiger partial charge in [-0.15, -0.1) is 0 Å². The van der Waals surface area contributed by atoms with Crippen molar-refractivity contribution in [2.75, 3.05) is 0 Å². The van der Waals surface area contributed by atoms with Crippen LogP contribution in [-0.4, -0.2) is 24.3 Å². The summed E-state index contributed by atoms with van der Waals surface area (Å²) in [6.07, 6.45) is 5.14. The third-order valence-electron chi connectivity index (χ3n) is 3.37. The van der Waals surface area contributed by atoms with Gasteiger partial charge in [0.1, 0.15) is 0 Å². The van der Waals surface area contributed by atoms with E-state index >= 15 is 0 Å². The first kappa shape index (κ1) is 9.44. The summed E-state index contributed by atoms with van der Waals surface area (Å²) in [4.78, 5) is 0.